The van der Waals surface area contributed by atoms with Crippen LogP contribution in [0, 0.1) is 11.6 Å². The molecule has 2 atom stereocenters. The van der Waals surface area contributed by atoms with E-state index in [2.05, 4.69) is 26.2 Å². The zero-order valence-corrected chi connectivity index (χ0v) is 37.1. The van der Waals surface area contributed by atoms with E-state index in [-0.39, 0.29) is 41.0 Å². The van der Waals surface area contributed by atoms with Crippen molar-refractivity contribution in [1.29, 1.82) is 0 Å². The second-order valence-corrected chi connectivity index (χ2v) is 16.3. The summed E-state index contributed by atoms with van der Waals surface area (Å²) in [5.41, 5.74) is 6.01. The Morgan fingerprint density at radius 1 is 0.470 bits per heavy atom. The highest BCUT2D eigenvalue weighted by atomic mass is 19.1. The molecule has 13 heteroatoms. The minimum Gasteiger partial charge on any atom is -0.379 e. The molecule has 8 rings (SSSR count). The Kier molecular flexibility index (Phi) is 16.1. The number of likely N-dealkylation sites (tertiary alicyclic amines) is 1. The number of carbonyl (C=O) groups excluding carboxylic acids is 4. The van der Waals surface area contributed by atoms with Crippen LogP contribution in [0.5, 0.6) is 0 Å². The first-order valence-corrected chi connectivity index (χ1v) is 22.2. The van der Waals surface area contributed by atoms with Gasteiger partial charge >= 0.3 is 0 Å². The maximum absolute atomic E-state index is 14.4. The number of halogens is 2. The Labute approximate surface area is 384 Å². The van der Waals surface area contributed by atoms with Gasteiger partial charge in [0.15, 0.2) is 0 Å². The predicted octanol–water partition coefficient (Wildman–Crippen LogP) is 9.96. The number of carbonyl (C=O) groups is 4. The van der Waals surface area contributed by atoms with Crippen molar-refractivity contribution in [3.8, 4) is 22.3 Å². The molecular weight excluding hydrogens is 839 g/mol. The Balaban J connectivity index is 0.000000196. The number of anilines is 4. The highest BCUT2D eigenvalue weighted by Crippen LogP contribution is 2.25. The topological polar surface area (TPSA) is 132 Å². The summed E-state index contributed by atoms with van der Waals surface area (Å²) < 4.78 is 34.0. The van der Waals surface area contributed by atoms with Crippen molar-refractivity contribution in [2.45, 2.75) is 45.2 Å². The minimum absolute atomic E-state index is 0.0253. The fraction of sp³-hybridized carbons (Fsp3) is 0.245. The summed E-state index contributed by atoms with van der Waals surface area (Å²) in [6.45, 7) is 7.80. The average molecular weight is 893 g/mol. The summed E-state index contributed by atoms with van der Waals surface area (Å²) in [5, 5.41) is 10.9. The average Bonchev–Trinajstić information content (AvgIpc) is 3.36. The fourth-order valence-corrected chi connectivity index (χ4v) is 7.77. The van der Waals surface area contributed by atoms with Crippen LogP contribution >= 0.6 is 0 Å². The third-order valence-electron chi connectivity index (χ3n) is 11.8. The standard InChI is InChI=1S/C27H28FN3O2.C26H26FN3O3/c1-19(31-16-6-3-7-17-31)26(32)30-25-18-23(14-15-24(25)28)29-27(33)22-12-10-21(11-13-22)20-8-4-2-5-9-20;1-18(30-13-15-33-16-14-30)25(31)29-24-17-22(11-12-23(24)27)28-26(32)21-9-7-20(8-10-21)19-5-3-2-4-6-19/h2,4-5,8-15,18-19H,3,6-7,16-17H2,1H3,(H,29,33)(H,30,32);2-12,17-18H,13-16H2,1H3,(H,28,32)(H,29,31)/t19-;18-/m01/s1. The molecule has 0 bridgehead atoms. The van der Waals surface area contributed by atoms with Gasteiger partial charge in [-0.2, -0.15) is 0 Å². The van der Waals surface area contributed by atoms with E-state index in [1.54, 1.807) is 31.2 Å². The molecule has 340 valence electrons. The van der Waals surface area contributed by atoms with E-state index >= 15 is 0 Å². The Hall–Kier alpha value is -7.06. The van der Waals surface area contributed by atoms with Crippen LogP contribution in [0.2, 0.25) is 0 Å². The number of hydrogen-bond acceptors (Lipinski definition) is 7. The van der Waals surface area contributed by atoms with Crippen molar-refractivity contribution in [3.63, 3.8) is 0 Å². The van der Waals surface area contributed by atoms with E-state index in [0.717, 1.165) is 48.2 Å². The van der Waals surface area contributed by atoms with Crippen molar-refractivity contribution in [3.05, 3.63) is 168 Å². The molecule has 2 saturated heterocycles. The summed E-state index contributed by atoms with van der Waals surface area (Å²) in [5.74, 6) is -2.30. The second kappa shape index (κ2) is 22.7. The van der Waals surface area contributed by atoms with Gasteiger partial charge in [0.1, 0.15) is 11.6 Å². The van der Waals surface area contributed by atoms with Crippen molar-refractivity contribution in [2.24, 2.45) is 0 Å². The number of morpholine rings is 1. The molecule has 0 spiro atoms. The molecule has 66 heavy (non-hydrogen) atoms. The maximum Gasteiger partial charge on any atom is 0.255 e. The number of benzene rings is 6. The normalized spacial score (nSPS) is 15.0. The van der Waals surface area contributed by atoms with Gasteiger partial charge in [-0.1, -0.05) is 91.3 Å². The molecular formula is C53H54F2N6O5. The van der Waals surface area contributed by atoms with Crippen LogP contribution in [0.4, 0.5) is 31.5 Å². The predicted molar refractivity (Wildman–Crippen MR) is 256 cm³/mol. The van der Waals surface area contributed by atoms with E-state index in [0.29, 0.717) is 48.8 Å². The highest BCUT2D eigenvalue weighted by Gasteiger charge is 2.25. The molecule has 4 amide bonds. The summed E-state index contributed by atoms with van der Waals surface area (Å²) in [6, 6.07) is 41.9. The summed E-state index contributed by atoms with van der Waals surface area (Å²) in [6.07, 6.45) is 3.32. The lowest BCUT2D eigenvalue weighted by Crippen LogP contribution is -2.47. The van der Waals surface area contributed by atoms with Gasteiger partial charge in [-0.05, 0) is 123 Å². The van der Waals surface area contributed by atoms with Gasteiger partial charge in [-0.15, -0.1) is 0 Å². The molecule has 6 aromatic rings. The zero-order valence-electron chi connectivity index (χ0n) is 37.1. The summed E-state index contributed by atoms with van der Waals surface area (Å²) >= 11 is 0. The Morgan fingerprint density at radius 2 is 0.848 bits per heavy atom. The molecule has 2 fully saturated rings. The van der Waals surface area contributed by atoms with Gasteiger partial charge in [-0.3, -0.25) is 29.0 Å². The molecule has 2 aliphatic rings. The SMILES string of the molecule is C[C@@H](C(=O)Nc1cc(NC(=O)c2ccc(-c3ccccc3)cc2)ccc1F)N1CCCCC1.C[C@H](C(=O)Nc1cc(NC(=O)c2ccc(-c3ccccc3)cc2)ccc1F)N1CCOCC1. The van der Waals surface area contributed by atoms with E-state index < -0.39 is 17.7 Å². The second-order valence-electron chi connectivity index (χ2n) is 16.3. The van der Waals surface area contributed by atoms with E-state index in [9.17, 15) is 28.0 Å². The van der Waals surface area contributed by atoms with Gasteiger partial charge in [0, 0.05) is 35.6 Å². The highest BCUT2D eigenvalue weighted by molar-refractivity contribution is 6.06. The van der Waals surface area contributed by atoms with Crippen molar-refractivity contribution < 1.29 is 32.7 Å². The first-order chi connectivity index (χ1) is 32.0. The van der Waals surface area contributed by atoms with Crippen molar-refractivity contribution in [1.82, 2.24) is 9.80 Å². The number of ether oxygens (including phenoxy) is 1. The molecule has 2 heterocycles. The van der Waals surface area contributed by atoms with Crippen LogP contribution in [0.25, 0.3) is 22.3 Å². The molecule has 0 unspecified atom stereocenters. The third-order valence-corrected chi connectivity index (χ3v) is 11.8. The molecule has 4 N–H and O–H groups in total. The molecule has 0 radical (unpaired) electrons. The van der Waals surface area contributed by atoms with Crippen LogP contribution in [-0.2, 0) is 14.3 Å². The van der Waals surface area contributed by atoms with Gasteiger partial charge in [0.05, 0.1) is 36.7 Å². The summed E-state index contributed by atoms with van der Waals surface area (Å²) in [4.78, 5) is 54.8. The largest absolute Gasteiger partial charge is 0.379 e. The van der Waals surface area contributed by atoms with Crippen LogP contribution < -0.4 is 21.3 Å². The maximum atomic E-state index is 14.4. The molecule has 0 aliphatic carbocycles. The third kappa shape index (κ3) is 12.6. The van der Waals surface area contributed by atoms with Gasteiger partial charge in [0.25, 0.3) is 11.8 Å². The Morgan fingerprint density at radius 3 is 1.26 bits per heavy atom. The first kappa shape index (κ1) is 46.9. The van der Waals surface area contributed by atoms with Gasteiger partial charge < -0.3 is 26.0 Å². The lowest BCUT2D eigenvalue weighted by Gasteiger charge is -2.31. The summed E-state index contributed by atoms with van der Waals surface area (Å²) in [7, 11) is 0. The molecule has 0 saturated carbocycles. The van der Waals surface area contributed by atoms with E-state index in [1.165, 1.54) is 42.8 Å². The van der Waals surface area contributed by atoms with Crippen LogP contribution in [0.15, 0.2) is 146 Å². The number of nitrogens with one attached hydrogen (secondary N) is 4. The van der Waals surface area contributed by atoms with Gasteiger partial charge in [-0.25, -0.2) is 8.78 Å². The fourth-order valence-electron chi connectivity index (χ4n) is 7.77. The van der Waals surface area contributed by atoms with E-state index in [1.807, 2.05) is 96.8 Å². The van der Waals surface area contributed by atoms with E-state index in [4.69, 9.17) is 4.74 Å². The number of piperidine rings is 1. The number of nitrogens with zero attached hydrogens (tertiary/aromatic N) is 2. The number of amides is 4. The zero-order chi connectivity index (χ0) is 46.4. The minimum atomic E-state index is -0.567. The number of hydrogen-bond donors (Lipinski definition) is 4. The molecule has 0 aromatic heterocycles. The molecule has 2 aliphatic heterocycles. The number of rotatable bonds is 12. The van der Waals surface area contributed by atoms with Crippen LogP contribution in [0.1, 0.15) is 53.8 Å². The smallest absolute Gasteiger partial charge is 0.255 e. The molecule has 6 aromatic carbocycles. The first-order valence-electron chi connectivity index (χ1n) is 22.2. The van der Waals surface area contributed by atoms with Gasteiger partial charge in [0.2, 0.25) is 11.8 Å². The Bertz CT molecular complexity index is 2400. The molecule has 11 nitrogen and oxygen atoms in total. The monoisotopic (exact) mass is 892 g/mol. The van der Waals surface area contributed by atoms with Crippen LogP contribution in [-0.4, -0.2) is 84.9 Å². The quantitative estimate of drug-likeness (QED) is 0.0962. The lowest BCUT2D eigenvalue weighted by molar-refractivity contribution is -0.122. The van der Waals surface area contributed by atoms with Crippen molar-refractivity contribution in [2.75, 3.05) is 60.7 Å². The van der Waals surface area contributed by atoms with Crippen molar-refractivity contribution >= 4 is 46.4 Å². The van der Waals surface area contributed by atoms with Crippen LogP contribution in [0.3, 0.4) is 0 Å². The lowest BCUT2D eigenvalue weighted by atomic mass is 10.0.